The number of carbonyl (C=O) groups excluding carboxylic acids is 1. The van der Waals surface area contributed by atoms with E-state index in [1.807, 2.05) is 19.9 Å². The van der Waals surface area contributed by atoms with Crippen molar-refractivity contribution >= 4 is 21.6 Å². The minimum absolute atomic E-state index is 0.306. The number of methoxy groups -OCH3 is 2. The van der Waals surface area contributed by atoms with Gasteiger partial charge in [-0.3, -0.25) is 9.10 Å². The van der Waals surface area contributed by atoms with Gasteiger partial charge in [0.15, 0.2) is 11.5 Å². The summed E-state index contributed by atoms with van der Waals surface area (Å²) in [6.45, 7) is 3.42. The predicted molar refractivity (Wildman–Crippen MR) is 109 cm³/mol. The molecule has 0 saturated heterocycles. The highest BCUT2D eigenvalue weighted by molar-refractivity contribution is 7.92. The zero-order valence-electron chi connectivity index (χ0n) is 16.7. The normalized spacial score (nSPS) is 12.2. The topological polar surface area (TPSA) is 84.9 Å². The maximum Gasteiger partial charge on any atom is 0.241 e. The molecular weight excluding hydrogens is 380 g/mol. The zero-order valence-corrected chi connectivity index (χ0v) is 17.5. The van der Waals surface area contributed by atoms with Crippen molar-refractivity contribution < 1.29 is 22.7 Å². The highest BCUT2D eigenvalue weighted by Gasteiger charge is 2.22. The third kappa shape index (κ3) is 5.39. The van der Waals surface area contributed by atoms with E-state index in [0.29, 0.717) is 17.2 Å². The Labute approximate surface area is 166 Å². The van der Waals surface area contributed by atoms with Crippen LogP contribution >= 0.6 is 0 Å². The molecule has 2 rings (SSSR count). The van der Waals surface area contributed by atoms with Crippen molar-refractivity contribution in [2.45, 2.75) is 19.9 Å². The molecule has 8 heteroatoms. The first-order chi connectivity index (χ1) is 13.2. The van der Waals surface area contributed by atoms with E-state index in [1.54, 1.807) is 43.5 Å². The summed E-state index contributed by atoms with van der Waals surface area (Å²) in [6.07, 6.45) is 1.08. The number of amides is 1. The van der Waals surface area contributed by atoms with Crippen molar-refractivity contribution in [1.29, 1.82) is 0 Å². The molecule has 152 valence electrons. The fourth-order valence-corrected chi connectivity index (χ4v) is 3.59. The number of hydrogen-bond donors (Lipinski definition) is 1. The van der Waals surface area contributed by atoms with Crippen LogP contribution in [0.4, 0.5) is 5.69 Å². The van der Waals surface area contributed by atoms with Crippen LogP contribution in [0.5, 0.6) is 11.5 Å². The average Bonchev–Trinajstić information content (AvgIpc) is 2.65. The predicted octanol–water partition coefficient (Wildman–Crippen LogP) is 2.66. The van der Waals surface area contributed by atoms with E-state index in [9.17, 15) is 13.2 Å². The number of rotatable bonds is 8. The van der Waals surface area contributed by atoms with Gasteiger partial charge in [-0.25, -0.2) is 8.42 Å². The maximum absolute atomic E-state index is 12.5. The van der Waals surface area contributed by atoms with E-state index >= 15 is 0 Å². The van der Waals surface area contributed by atoms with Crippen molar-refractivity contribution in [3.8, 4) is 11.5 Å². The molecule has 0 aromatic heterocycles. The van der Waals surface area contributed by atoms with E-state index in [0.717, 1.165) is 21.7 Å². The number of nitrogens with zero attached hydrogens (tertiary/aromatic N) is 1. The lowest BCUT2D eigenvalue weighted by Gasteiger charge is -2.23. The van der Waals surface area contributed by atoms with Gasteiger partial charge in [-0.15, -0.1) is 0 Å². The van der Waals surface area contributed by atoms with Crippen LogP contribution in [0.15, 0.2) is 42.5 Å². The Hall–Kier alpha value is -2.74. The van der Waals surface area contributed by atoms with Gasteiger partial charge < -0.3 is 14.8 Å². The van der Waals surface area contributed by atoms with Gasteiger partial charge in [-0.05, 0) is 43.7 Å². The van der Waals surface area contributed by atoms with Crippen LogP contribution in [0.3, 0.4) is 0 Å². The lowest BCUT2D eigenvalue weighted by molar-refractivity contribution is -0.120. The second kappa shape index (κ2) is 8.97. The molecule has 0 heterocycles. The molecule has 0 aliphatic carbocycles. The summed E-state index contributed by atoms with van der Waals surface area (Å²) in [5.41, 5.74) is 2.26. The fraction of sp³-hybridized carbons (Fsp3) is 0.350. The number of nitrogens with one attached hydrogen (secondary N) is 1. The summed E-state index contributed by atoms with van der Waals surface area (Å²) in [4.78, 5) is 12.5. The number of ether oxygens (including phenoxy) is 2. The van der Waals surface area contributed by atoms with Crippen LogP contribution < -0.4 is 19.1 Å². The van der Waals surface area contributed by atoms with Gasteiger partial charge >= 0.3 is 0 Å². The first-order valence-corrected chi connectivity index (χ1v) is 10.6. The molecule has 0 spiro atoms. The van der Waals surface area contributed by atoms with E-state index in [2.05, 4.69) is 5.32 Å². The second-order valence-corrected chi connectivity index (χ2v) is 8.42. The summed E-state index contributed by atoms with van der Waals surface area (Å²) in [5, 5.41) is 2.83. The molecule has 0 fully saturated rings. The number of aryl methyl sites for hydroxylation is 1. The smallest absolute Gasteiger partial charge is 0.241 e. The standard InChI is InChI=1S/C20H26N2O5S/c1-14-6-9-17(10-7-14)22(28(5,24)25)13-20(23)21-15(2)16-8-11-18(26-3)19(12-16)27-4/h6-12,15H,13H2,1-5H3,(H,21,23)/t15-/m0/s1. The Morgan fingerprint density at radius 2 is 1.68 bits per heavy atom. The van der Waals surface area contributed by atoms with Crippen molar-refractivity contribution in [2.24, 2.45) is 0 Å². The van der Waals surface area contributed by atoms with E-state index < -0.39 is 15.9 Å². The summed E-state index contributed by atoms with van der Waals surface area (Å²) in [5.74, 6) is 0.735. The van der Waals surface area contributed by atoms with Gasteiger partial charge in [-0.1, -0.05) is 23.8 Å². The fourth-order valence-electron chi connectivity index (χ4n) is 2.73. The largest absolute Gasteiger partial charge is 0.493 e. The number of hydrogen-bond acceptors (Lipinski definition) is 5. The van der Waals surface area contributed by atoms with Crippen molar-refractivity contribution in [3.63, 3.8) is 0 Å². The van der Waals surface area contributed by atoms with Gasteiger partial charge in [0.2, 0.25) is 15.9 Å². The molecular formula is C20H26N2O5S. The lowest BCUT2D eigenvalue weighted by Crippen LogP contribution is -2.41. The molecule has 0 aliphatic rings. The van der Waals surface area contributed by atoms with Crippen molar-refractivity contribution in [3.05, 3.63) is 53.6 Å². The number of anilines is 1. The molecule has 7 nitrogen and oxygen atoms in total. The summed E-state index contributed by atoms with van der Waals surface area (Å²) in [7, 11) is -0.523. The van der Waals surface area contributed by atoms with Crippen LogP contribution in [-0.4, -0.2) is 41.3 Å². The number of carbonyl (C=O) groups is 1. The van der Waals surface area contributed by atoms with Gasteiger partial charge in [0.1, 0.15) is 6.54 Å². The first kappa shape index (κ1) is 21.6. The molecule has 28 heavy (non-hydrogen) atoms. The van der Waals surface area contributed by atoms with Crippen molar-refractivity contribution in [1.82, 2.24) is 5.32 Å². The Morgan fingerprint density at radius 3 is 2.21 bits per heavy atom. The molecule has 1 atom stereocenters. The molecule has 1 amide bonds. The van der Waals surface area contributed by atoms with Crippen LogP contribution in [0.25, 0.3) is 0 Å². The van der Waals surface area contributed by atoms with Gasteiger partial charge in [-0.2, -0.15) is 0 Å². The quantitative estimate of drug-likeness (QED) is 0.729. The molecule has 0 saturated carbocycles. The number of sulfonamides is 1. The Kier molecular flexibility index (Phi) is 6.90. The Bertz CT molecular complexity index is 926. The van der Waals surface area contributed by atoms with Gasteiger partial charge in [0.25, 0.3) is 0 Å². The monoisotopic (exact) mass is 406 g/mol. The van der Waals surface area contributed by atoms with Crippen LogP contribution in [-0.2, 0) is 14.8 Å². The lowest BCUT2D eigenvalue weighted by atomic mass is 10.1. The molecule has 0 unspecified atom stereocenters. The summed E-state index contributed by atoms with van der Waals surface area (Å²) >= 11 is 0. The average molecular weight is 407 g/mol. The highest BCUT2D eigenvalue weighted by Crippen LogP contribution is 2.30. The minimum Gasteiger partial charge on any atom is -0.493 e. The van der Waals surface area contributed by atoms with Gasteiger partial charge in [0, 0.05) is 0 Å². The highest BCUT2D eigenvalue weighted by atomic mass is 32.2. The molecule has 1 N–H and O–H groups in total. The molecule has 0 bridgehead atoms. The van der Waals surface area contributed by atoms with E-state index in [-0.39, 0.29) is 12.6 Å². The van der Waals surface area contributed by atoms with E-state index in [1.165, 1.54) is 7.11 Å². The number of benzene rings is 2. The summed E-state index contributed by atoms with van der Waals surface area (Å²) in [6, 6.07) is 12.0. The van der Waals surface area contributed by atoms with E-state index in [4.69, 9.17) is 9.47 Å². The third-order valence-corrected chi connectivity index (χ3v) is 5.44. The molecule has 2 aromatic carbocycles. The second-order valence-electron chi connectivity index (χ2n) is 6.51. The maximum atomic E-state index is 12.5. The minimum atomic E-state index is -3.61. The summed E-state index contributed by atoms with van der Waals surface area (Å²) < 4.78 is 35.9. The Balaban J connectivity index is 2.15. The van der Waals surface area contributed by atoms with Crippen LogP contribution in [0.2, 0.25) is 0 Å². The third-order valence-electron chi connectivity index (χ3n) is 4.29. The molecule has 2 aromatic rings. The van der Waals surface area contributed by atoms with Gasteiger partial charge in [0.05, 0.1) is 32.2 Å². The zero-order chi connectivity index (χ0) is 20.9. The van der Waals surface area contributed by atoms with Crippen LogP contribution in [0, 0.1) is 6.92 Å². The van der Waals surface area contributed by atoms with Crippen LogP contribution in [0.1, 0.15) is 24.1 Å². The molecule has 0 aliphatic heterocycles. The molecule has 0 radical (unpaired) electrons. The van der Waals surface area contributed by atoms with Crippen molar-refractivity contribution in [2.75, 3.05) is 31.3 Å². The first-order valence-electron chi connectivity index (χ1n) is 8.71. The Morgan fingerprint density at radius 1 is 1.07 bits per heavy atom. The SMILES string of the molecule is COc1ccc([C@H](C)NC(=O)CN(c2ccc(C)cc2)S(C)(=O)=O)cc1OC.